The van der Waals surface area contributed by atoms with Gasteiger partial charge in [-0.05, 0) is 39.3 Å². The predicted molar refractivity (Wildman–Crippen MR) is 96.1 cm³/mol. The molecule has 0 saturated heterocycles. The molecule has 7 heteroatoms. The second-order valence-corrected chi connectivity index (χ2v) is 7.26. The fraction of sp³-hybridized carbons (Fsp3) is 0.625. The minimum atomic E-state index is -0.479. The van der Waals surface area contributed by atoms with Crippen LogP contribution in [0.4, 0.5) is 4.79 Å². The van der Waals surface area contributed by atoms with E-state index in [2.05, 4.69) is 40.0 Å². The highest BCUT2D eigenvalue weighted by Crippen LogP contribution is 2.16. The van der Waals surface area contributed by atoms with Crippen LogP contribution in [0, 0.1) is 0 Å². The number of hydrogen-bond donors (Lipinski definition) is 3. The van der Waals surface area contributed by atoms with Gasteiger partial charge in [0.2, 0.25) is 0 Å². The first kappa shape index (κ1) is 19.3. The molecule has 0 saturated carbocycles. The van der Waals surface area contributed by atoms with E-state index in [0.29, 0.717) is 19.0 Å². The lowest BCUT2D eigenvalue weighted by Gasteiger charge is -2.19. The summed E-state index contributed by atoms with van der Waals surface area (Å²) in [5, 5.41) is 9.11. The first-order valence-corrected chi connectivity index (χ1v) is 8.64. The summed E-state index contributed by atoms with van der Waals surface area (Å²) in [6.45, 7) is 9.45. The number of hydrogen-bond acceptors (Lipinski definition) is 4. The molecular formula is C16H28N4O2S. The summed E-state index contributed by atoms with van der Waals surface area (Å²) in [7, 11) is 1.72. The number of amides is 1. The van der Waals surface area contributed by atoms with E-state index >= 15 is 0 Å². The topological polar surface area (TPSA) is 74.8 Å². The van der Waals surface area contributed by atoms with E-state index in [1.807, 2.05) is 20.8 Å². The summed E-state index contributed by atoms with van der Waals surface area (Å²) in [6.07, 6.45) is 0.654. The van der Waals surface area contributed by atoms with Gasteiger partial charge in [-0.3, -0.25) is 4.99 Å². The minimum absolute atomic E-state index is 0.409. The van der Waals surface area contributed by atoms with E-state index in [1.54, 1.807) is 18.4 Å². The highest BCUT2D eigenvalue weighted by atomic mass is 32.1. The van der Waals surface area contributed by atoms with Crippen molar-refractivity contribution in [1.29, 1.82) is 0 Å². The van der Waals surface area contributed by atoms with Crippen molar-refractivity contribution in [3.63, 3.8) is 0 Å². The van der Waals surface area contributed by atoms with E-state index in [4.69, 9.17) is 4.74 Å². The number of alkyl carbamates (subject to hydrolysis) is 1. The van der Waals surface area contributed by atoms with Gasteiger partial charge in [0.1, 0.15) is 5.60 Å². The van der Waals surface area contributed by atoms with Crippen LogP contribution in [-0.2, 0) is 17.7 Å². The molecule has 1 aromatic rings. The zero-order chi connectivity index (χ0) is 17.3. The Labute approximate surface area is 142 Å². The molecule has 6 nitrogen and oxygen atoms in total. The van der Waals surface area contributed by atoms with Crippen molar-refractivity contribution in [3.05, 3.63) is 21.9 Å². The van der Waals surface area contributed by atoms with E-state index < -0.39 is 11.7 Å². The normalized spacial score (nSPS) is 12.0. The van der Waals surface area contributed by atoms with E-state index in [9.17, 15) is 4.79 Å². The standard InChI is InChI=1S/C16H28N4O2S/c1-6-12-7-8-13(23-12)11-20-14(17-5)18-9-10-19-15(21)22-16(2,3)4/h7-8H,6,9-11H2,1-5H3,(H,19,21)(H2,17,18,20). The second kappa shape index (κ2) is 9.39. The lowest BCUT2D eigenvalue weighted by atomic mass is 10.2. The Morgan fingerprint density at radius 3 is 2.39 bits per heavy atom. The number of carbonyl (C=O) groups excluding carboxylic acids is 1. The molecule has 1 rings (SSSR count). The Morgan fingerprint density at radius 1 is 1.17 bits per heavy atom. The number of aliphatic imine (C=N–C) groups is 1. The third-order valence-electron chi connectivity index (χ3n) is 2.81. The quantitative estimate of drug-likeness (QED) is 0.422. The van der Waals surface area contributed by atoms with Gasteiger partial charge in [-0.25, -0.2) is 4.79 Å². The van der Waals surface area contributed by atoms with Crippen LogP contribution in [0.3, 0.4) is 0 Å². The SMILES string of the molecule is CCc1ccc(CNC(=NC)NCCNC(=O)OC(C)(C)C)s1. The summed E-state index contributed by atoms with van der Waals surface area (Å²) in [5.41, 5.74) is -0.479. The molecule has 0 bridgehead atoms. The van der Waals surface area contributed by atoms with E-state index in [1.165, 1.54) is 9.75 Å². The fourth-order valence-electron chi connectivity index (χ4n) is 1.76. The number of nitrogens with zero attached hydrogens (tertiary/aromatic N) is 1. The first-order valence-electron chi connectivity index (χ1n) is 7.83. The largest absolute Gasteiger partial charge is 0.444 e. The van der Waals surface area contributed by atoms with Crippen molar-refractivity contribution in [1.82, 2.24) is 16.0 Å². The molecule has 23 heavy (non-hydrogen) atoms. The smallest absolute Gasteiger partial charge is 0.407 e. The van der Waals surface area contributed by atoms with E-state index in [-0.39, 0.29) is 0 Å². The molecule has 3 N–H and O–H groups in total. The Bertz CT molecular complexity index is 520. The molecular weight excluding hydrogens is 312 g/mol. The molecule has 130 valence electrons. The third kappa shape index (κ3) is 8.44. The number of carbonyl (C=O) groups is 1. The van der Waals surface area contributed by atoms with Gasteiger partial charge in [-0.2, -0.15) is 0 Å². The molecule has 0 radical (unpaired) electrons. The van der Waals surface area contributed by atoms with Crippen molar-refractivity contribution in [3.8, 4) is 0 Å². The van der Waals surface area contributed by atoms with Crippen LogP contribution in [-0.4, -0.2) is 37.8 Å². The third-order valence-corrected chi connectivity index (χ3v) is 4.03. The summed E-state index contributed by atoms with van der Waals surface area (Å²) < 4.78 is 5.17. The van der Waals surface area contributed by atoms with Gasteiger partial charge in [0.25, 0.3) is 0 Å². The Morgan fingerprint density at radius 2 is 1.83 bits per heavy atom. The van der Waals surface area contributed by atoms with Gasteiger partial charge in [-0.1, -0.05) is 6.92 Å². The number of aryl methyl sites for hydroxylation is 1. The first-order chi connectivity index (χ1) is 10.8. The predicted octanol–water partition coefficient (Wildman–Crippen LogP) is 2.50. The molecule has 0 aliphatic heterocycles. The van der Waals surface area contributed by atoms with Gasteiger partial charge in [-0.15, -0.1) is 11.3 Å². The Kier molecular flexibility index (Phi) is 7.88. The maximum atomic E-state index is 11.5. The average Bonchev–Trinajstić information content (AvgIpc) is 2.92. The molecule has 1 aromatic heterocycles. The second-order valence-electron chi connectivity index (χ2n) is 6.00. The van der Waals surface area contributed by atoms with Gasteiger partial charge in [0, 0.05) is 29.9 Å². The minimum Gasteiger partial charge on any atom is -0.444 e. The average molecular weight is 340 g/mol. The number of rotatable bonds is 6. The van der Waals surface area contributed by atoms with Gasteiger partial charge >= 0.3 is 6.09 Å². The van der Waals surface area contributed by atoms with Crippen LogP contribution >= 0.6 is 11.3 Å². The van der Waals surface area contributed by atoms with Gasteiger partial charge < -0.3 is 20.7 Å². The van der Waals surface area contributed by atoms with Crippen LogP contribution in [0.15, 0.2) is 17.1 Å². The highest BCUT2D eigenvalue weighted by Gasteiger charge is 2.15. The van der Waals surface area contributed by atoms with Crippen molar-refractivity contribution in [2.24, 2.45) is 4.99 Å². The van der Waals surface area contributed by atoms with E-state index in [0.717, 1.165) is 13.0 Å². The molecule has 0 aliphatic carbocycles. The summed E-state index contributed by atoms with van der Waals surface area (Å²) in [5.74, 6) is 0.711. The fourth-order valence-corrected chi connectivity index (χ4v) is 2.66. The monoisotopic (exact) mass is 340 g/mol. The zero-order valence-electron chi connectivity index (χ0n) is 14.7. The maximum Gasteiger partial charge on any atom is 0.407 e. The van der Waals surface area contributed by atoms with Crippen molar-refractivity contribution >= 4 is 23.4 Å². The molecule has 0 aromatic carbocycles. The Hall–Kier alpha value is -1.76. The molecule has 1 heterocycles. The van der Waals surface area contributed by atoms with Crippen LogP contribution in [0.1, 0.15) is 37.4 Å². The summed E-state index contributed by atoms with van der Waals surface area (Å²) in [6, 6.07) is 4.29. The molecule has 0 spiro atoms. The number of ether oxygens (including phenoxy) is 1. The van der Waals surface area contributed by atoms with Crippen LogP contribution in [0.2, 0.25) is 0 Å². The lowest BCUT2D eigenvalue weighted by molar-refractivity contribution is 0.0529. The molecule has 0 fully saturated rings. The number of thiophene rings is 1. The van der Waals surface area contributed by atoms with Crippen molar-refractivity contribution in [2.75, 3.05) is 20.1 Å². The van der Waals surface area contributed by atoms with Crippen LogP contribution < -0.4 is 16.0 Å². The van der Waals surface area contributed by atoms with Gasteiger partial charge in [0.15, 0.2) is 5.96 Å². The van der Waals surface area contributed by atoms with Crippen LogP contribution in [0.5, 0.6) is 0 Å². The maximum absolute atomic E-state index is 11.5. The highest BCUT2D eigenvalue weighted by molar-refractivity contribution is 7.11. The number of nitrogens with one attached hydrogen (secondary N) is 3. The zero-order valence-corrected chi connectivity index (χ0v) is 15.5. The summed E-state index contributed by atoms with van der Waals surface area (Å²) >= 11 is 1.80. The van der Waals surface area contributed by atoms with Crippen molar-refractivity contribution in [2.45, 2.75) is 46.3 Å². The summed E-state index contributed by atoms with van der Waals surface area (Å²) in [4.78, 5) is 18.3. The Balaban J connectivity index is 2.23. The molecule has 1 amide bonds. The van der Waals surface area contributed by atoms with Crippen LogP contribution in [0.25, 0.3) is 0 Å². The molecule has 0 aliphatic rings. The lowest BCUT2D eigenvalue weighted by Crippen LogP contribution is -2.42. The van der Waals surface area contributed by atoms with Crippen molar-refractivity contribution < 1.29 is 9.53 Å². The molecule has 0 unspecified atom stereocenters. The molecule has 0 atom stereocenters. The van der Waals surface area contributed by atoms with Gasteiger partial charge in [0.05, 0.1) is 6.54 Å². The number of guanidine groups is 1.